The summed E-state index contributed by atoms with van der Waals surface area (Å²) in [5.41, 5.74) is 3.16. The molecule has 0 spiro atoms. The van der Waals surface area contributed by atoms with Crippen LogP contribution in [0.15, 0.2) is 91.0 Å². The first-order chi connectivity index (χ1) is 16.7. The van der Waals surface area contributed by atoms with Crippen molar-refractivity contribution in [2.45, 2.75) is 63.3 Å². The van der Waals surface area contributed by atoms with Crippen molar-refractivity contribution in [3.8, 4) is 0 Å². The van der Waals surface area contributed by atoms with Crippen molar-refractivity contribution in [1.29, 1.82) is 0 Å². The molecule has 0 saturated carbocycles. The number of ether oxygens (including phenoxy) is 1. The molecule has 3 rings (SSSR count). The molecule has 35 heavy (non-hydrogen) atoms. The van der Waals surface area contributed by atoms with Crippen LogP contribution in [-0.2, 0) is 14.7 Å². The lowest BCUT2D eigenvalue weighted by Crippen LogP contribution is -2.51. The fourth-order valence-electron chi connectivity index (χ4n) is 4.39. The number of rotatable bonds is 12. The van der Waals surface area contributed by atoms with Gasteiger partial charge in [-0.3, -0.25) is 5.32 Å². The maximum Gasteiger partial charge on any atom is 0.191 e. The van der Waals surface area contributed by atoms with Crippen LogP contribution in [0.1, 0.15) is 50.3 Å². The summed E-state index contributed by atoms with van der Waals surface area (Å²) in [4.78, 5) is 0. The van der Waals surface area contributed by atoms with Gasteiger partial charge in [-0.15, -0.1) is 0 Å². The van der Waals surface area contributed by atoms with E-state index in [9.17, 15) is 0 Å². The van der Waals surface area contributed by atoms with E-state index >= 15 is 0 Å². The zero-order chi connectivity index (χ0) is 25.4. The molecule has 188 valence electrons. The molecule has 0 saturated heterocycles. The average Bonchev–Trinajstić information content (AvgIpc) is 2.86. The third-order valence-corrected chi connectivity index (χ3v) is 11.9. The van der Waals surface area contributed by atoms with Gasteiger partial charge in [0, 0.05) is 19.8 Å². The highest BCUT2D eigenvalue weighted by Crippen LogP contribution is 2.38. The van der Waals surface area contributed by atoms with Crippen molar-refractivity contribution >= 4 is 8.32 Å². The van der Waals surface area contributed by atoms with E-state index in [2.05, 4.69) is 130 Å². The number of hydrogen-bond donors (Lipinski definition) is 1. The van der Waals surface area contributed by atoms with Crippen LogP contribution in [-0.4, -0.2) is 34.7 Å². The lowest BCUT2D eigenvalue weighted by atomic mass is 9.76. The molecule has 0 heterocycles. The van der Waals surface area contributed by atoms with Crippen molar-refractivity contribution in [1.82, 2.24) is 5.32 Å². The Morgan fingerprint density at radius 1 is 0.743 bits per heavy atom. The van der Waals surface area contributed by atoms with Gasteiger partial charge in [0.15, 0.2) is 8.32 Å². The highest BCUT2D eigenvalue weighted by atomic mass is 28.4. The smallest absolute Gasteiger partial charge is 0.191 e. The zero-order valence-corrected chi connectivity index (χ0v) is 23.4. The Bertz CT molecular complexity index is 904. The Labute approximate surface area is 214 Å². The Morgan fingerprint density at radius 3 is 1.54 bits per heavy atom. The van der Waals surface area contributed by atoms with Gasteiger partial charge in [0.1, 0.15) is 0 Å². The highest BCUT2D eigenvalue weighted by molar-refractivity contribution is 6.74. The summed E-state index contributed by atoms with van der Waals surface area (Å²) in [6.45, 7) is 12.9. The lowest BCUT2D eigenvalue weighted by molar-refractivity contribution is 0.146. The van der Waals surface area contributed by atoms with Crippen LogP contribution in [0.25, 0.3) is 0 Å². The van der Waals surface area contributed by atoms with Gasteiger partial charge in [-0.1, -0.05) is 112 Å². The van der Waals surface area contributed by atoms with Crippen molar-refractivity contribution < 1.29 is 9.16 Å². The molecule has 0 aliphatic carbocycles. The summed E-state index contributed by atoms with van der Waals surface area (Å²) in [7, 11) is 0.0359. The maximum atomic E-state index is 6.48. The molecule has 4 heteroatoms. The maximum absolute atomic E-state index is 6.48. The summed E-state index contributed by atoms with van der Waals surface area (Å²) >= 11 is 0. The molecular weight excluding hydrogens is 446 g/mol. The highest BCUT2D eigenvalue weighted by Gasteiger charge is 2.39. The second-order valence-corrected chi connectivity index (χ2v) is 15.7. The molecule has 0 aromatic heterocycles. The zero-order valence-electron chi connectivity index (χ0n) is 22.4. The van der Waals surface area contributed by atoms with E-state index in [0.717, 1.165) is 19.4 Å². The van der Waals surface area contributed by atoms with Crippen molar-refractivity contribution in [3.05, 3.63) is 108 Å². The minimum atomic E-state index is -1.75. The monoisotopic (exact) mass is 489 g/mol. The molecule has 1 N–H and O–H groups in total. The molecular formula is C31H43NO2Si. The van der Waals surface area contributed by atoms with Crippen LogP contribution < -0.4 is 5.32 Å². The van der Waals surface area contributed by atoms with Gasteiger partial charge in [0.05, 0.1) is 12.1 Å². The Hall–Kier alpha value is -2.24. The van der Waals surface area contributed by atoms with Crippen LogP contribution in [0, 0.1) is 0 Å². The molecule has 3 aromatic rings. The SMILES string of the molecule is COCC(CCCO[Si](C)(C)C(C)(C)C)NC(c1ccccc1)(c1ccccc1)c1ccccc1. The first kappa shape index (κ1) is 27.3. The van der Waals surface area contributed by atoms with Gasteiger partial charge in [-0.25, -0.2) is 0 Å². The minimum Gasteiger partial charge on any atom is -0.417 e. The Kier molecular flexibility index (Phi) is 9.48. The molecule has 3 nitrogen and oxygen atoms in total. The molecule has 0 aliphatic heterocycles. The lowest BCUT2D eigenvalue weighted by Gasteiger charge is -2.40. The van der Waals surface area contributed by atoms with Gasteiger partial charge in [-0.2, -0.15) is 0 Å². The molecule has 0 aliphatic rings. The molecule has 0 radical (unpaired) electrons. The molecule has 0 fully saturated rings. The summed E-state index contributed by atoms with van der Waals surface area (Å²) in [6, 6.07) is 32.4. The van der Waals surface area contributed by atoms with E-state index < -0.39 is 13.9 Å². The fraction of sp³-hybridized carbons (Fsp3) is 0.419. The fourth-order valence-corrected chi connectivity index (χ4v) is 5.48. The van der Waals surface area contributed by atoms with E-state index in [1.165, 1.54) is 16.7 Å². The summed E-state index contributed by atoms with van der Waals surface area (Å²) in [6.07, 6.45) is 1.96. The quantitative estimate of drug-likeness (QED) is 0.163. The standard InChI is InChI=1S/C31H43NO2Si/c1-30(2,3)35(5,6)34-24-16-23-29(25-33-4)32-31(26-17-10-7-11-18-26,27-19-12-8-13-20-27)28-21-14-9-15-22-28/h7-15,17-22,29,32H,16,23-25H2,1-6H3. The second-order valence-electron chi connectivity index (χ2n) is 10.9. The van der Waals surface area contributed by atoms with E-state index in [1.807, 2.05) is 0 Å². The number of methoxy groups -OCH3 is 1. The van der Waals surface area contributed by atoms with E-state index in [0.29, 0.717) is 6.61 Å². The number of benzene rings is 3. The van der Waals surface area contributed by atoms with E-state index in [-0.39, 0.29) is 11.1 Å². The molecule has 3 aromatic carbocycles. The van der Waals surface area contributed by atoms with Crippen LogP contribution >= 0.6 is 0 Å². The van der Waals surface area contributed by atoms with Gasteiger partial charge in [-0.05, 0) is 47.7 Å². The largest absolute Gasteiger partial charge is 0.417 e. The second kappa shape index (κ2) is 12.1. The van der Waals surface area contributed by atoms with Crippen LogP contribution in [0.3, 0.4) is 0 Å². The summed E-state index contributed by atoms with van der Waals surface area (Å²) in [5.74, 6) is 0. The first-order valence-corrected chi connectivity index (χ1v) is 15.7. The van der Waals surface area contributed by atoms with Gasteiger partial charge in [0.2, 0.25) is 0 Å². The van der Waals surface area contributed by atoms with Crippen LogP contribution in [0.4, 0.5) is 0 Å². The van der Waals surface area contributed by atoms with Gasteiger partial charge in [0.25, 0.3) is 0 Å². The van der Waals surface area contributed by atoms with Crippen molar-refractivity contribution in [2.24, 2.45) is 0 Å². The molecule has 0 bridgehead atoms. The third kappa shape index (κ3) is 6.71. The molecule has 0 amide bonds. The first-order valence-electron chi connectivity index (χ1n) is 12.8. The normalized spacial score (nSPS) is 13.5. The predicted molar refractivity (Wildman–Crippen MR) is 150 cm³/mol. The number of hydrogen-bond acceptors (Lipinski definition) is 3. The minimum absolute atomic E-state index is 0.156. The summed E-state index contributed by atoms with van der Waals surface area (Å²) < 4.78 is 12.2. The average molecular weight is 490 g/mol. The van der Waals surface area contributed by atoms with E-state index in [1.54, 1.807) is 7.11 Å². The van der Waals surface area contributed by atoms with Crippen LogP contribution in [0.5, 0.6) is 0 Å². The predicted octanol–water partition coefficient (Wildman–Crippen LogP) is 7.39. The van der Waals surface area contributed by atoms with Crippen molar-refractivity contribution in [2.75, 3.05) is 20.3 Å². The summed E-state index contributed by atoms with van der Waals surface area (Å²) in [5, 5.41) is 4.30. The van der Waals surface area contributed by atoms with E-state index in [4.69, 9.17) is 9.16 Å². The van der Waals surface area contributed by atoms with Crippen LogP contribution in [0.2, 0.25) is 18.1 Å². The Balaban J connectivity index is 1.94. The molecule has 1 atom stereocenters. The Morgan fingerprint density at radius 2 is 1.17 bits per heavy atom. The third-order valence-electron chi connectivity index (χ3n) is 7.37. The van der Waals surface area contributed by atoms with Gasteiger partial charge >= 0.3 is 0 Å². The van der Waals surface area contributed by atoms with Crippen molar-refractivity contribution in [3.63, 3.8) is 0 Å². The molecule has 1 unspecified atom stereocenters. The number of nitrogens with one attached hydrogen (secondary N) is 1. The topological polar surface area (TPSA) is 30.5 Å². The van der Waals surface area contributed by atoms with Gasteiger partial charge < -0.3 is 9.16 Å².